The van der Waals surface area contributed by atoms with E-state index in [2.05, 4.69) is 10.1 Å². The van der Waals surface area contributed by atoms with Gasteiger partial charge in [0.15, 0.2) is 0 Å². The average Bonchev–Trinajstić information content (AvgIpc) is 2.72. The summed E-state index contributed by atoms with van der Waals surface area (Å²) in [6.45, 7) is 8.41. The number of carbonyl (C=O) groups excluding carboxylic acids is 1. The second kappa shape index (κ2) is 6.51. The average molecular weight is 284 g/mol. The Morgan fingerprint density at radius 3 is 2.63 bits per heavy atom. The molecule has 1 amide bonds. The molecule has 0 aromatic carbocycles. The number of aryl methyl sites for hydroxylation is 2. The fraction of sp³-hybridized carbons (Fsp3) is 0.583. The van der Waals surface area contributed by atoms with Crippen molar-refractivity contribution < 1.29 is 10.0 Å². The van der Waals surface area contributed by atoms with Gasteiger partial charge < -0.3 is 15.8 Å². The molecular formula is C12H20N4O2S. The molecule has 0 aliphatic carbocycles. The Labute approximate surface area is 116 Å². The summed E-state index contributed by atoms with van der Waals surface area (Å²) >= 11 is 1.39. The van der Waals surface area contributed by atoms with Gasteiger partial charge in [-0.3, -0.25) is 4.79 Å². The van der Waals surface area contributed by atoms with Gasteiger partial charge in [0.1, 0.15) is 10.7 Å². The van der Waals surface area contributed by atoms with Crippen molar-refractivity contribution in [1.82, 2.24) is 9.88 Å². The van der Waals surface area contributed by atoms with E-state index in [0.717, 1.165) is 10.7 Å². The second-order valence-corrected chi connectivity index (χ2v) is 5.62. The molecule has 1 aromatic rings. The van der Waals surface area contributed by atoms with Gasteiger partial charge in [0.05, 0.1) is 10.7 Å². The Morgan fingerprint density at radius 2 is 2.21 bits per heavy atom. The minimum atomic E-state index is -0.191. The summed E-state index contributed by atoms with van der Waals surface area (Å²) in [5.41, 5.74) is 6.30. The summed E-state index contributed by atoms with van der Waals surface area (Å²) in [7, 11) is 0. The molecule has 7 heteroatoms. The van der Waals surface area contributed by atoms with Crippen molar-refractivity contribution in [3.63, 3.8) is 0 Å². The maximum Gasteiger partial charge on any atom is 0.265 e. The molecule has 1 rings (SSSR count). The Hall–Kier alpha value is -1.63. The Bertz CT molecular complexity index is 484. The zero-order valence-electron chi connectivity index (χ0n) is 11.7. The quantitative estimate of drug-likeness (QED) is 0.372. The normalized spacial score (nSPS) is 13.4. The second-order valence-electron chi connectivity index (χ2n) is 4.42. The molecule has 0 radical (unpaired) electrons. The number of thiazole rings is 1. The first-order valence-corrected chi connectivity index (χ1v) is 6.93. The standard InChI is InChI=1S/C12H20N4O2S/c1-5-16(6-7(2)11(13)15-18)12(17)10-8(3)14-9(4)19-10/h7,18H,5-6H2,1-4H3,(H2,13,15). The van der Waals surface area contributed by atoms with E-state index in [1.165, 1.54) is 11.3 Å². The van der Waals surface area contributed by atoms with Crippen molar-refractivity contribution in [3.8, 4) is 0 Å². The number of oxime groups is 1. The van der Waals surface area contributed by atoms with Gasteiger partial charge in [-0.2, -0.15) is 0 Å². The van der Waals surface area contributed by atoms with E-state index >= 15 is 0 Å². The molecule has 0 aliphatic heterocycles. The fourth-order valence-electron chi connectivity index (χ4n) is 1.75. The van der Waals surface area contributed by atoms with Gasteiger partial charge in [-0.15, -0.1) is 11.3 Å². The highest BCUT2D eigenvalue weighted by Gasteiger charge is 2.22. The highest BCUT2D eigenvalue weighted by Crippen LogP contribution is 2.19. The third-order valence-corrected chi connectivity index (χ3v) is 3.94. The van der Waals surface area contributed by atoms with E-state index in [-0.39, 0.29) is 17.7 Å². The van der Waals surface area contributed by atoms with E-state index in [4.69, 9.17) is 10.9 Å². The van der Waals surface area contributed by atoms with Crippen LogP contribution in [0.1, 0.15) is 34.2 Å². The van der Waals surface area contributed by atoms with Crippen LogP contribution in [0.15, 0.2) is 5.16 Å². The lowest BCUT2D eigenvalue weighted by Crippen LogP contribution is -2.38. The lowest BCUT2D eigenvalue weighted by molar-refractivity contribution is 0.0757. The molecule has 1 aromatic heterocycles. The van der Waals surface area contributed by atoms with Gasteiger partial charge in [-0.25, -0.2) is 4.98 Å². The molecular weight excluding hydrogens is 264 g/mol. The number of aromatic nitrogens is 1. The SMILES string of the molecule is CCN(CC(C)C(N)=NO)C(=O)c1sc(C)nc1C. The van der Waals surface area contributed by atoms with Crippen molar-refractivity contribution in [1.29, 1.82) is 0 Å². The molecule has 0 aliphatic rings. The summed E-state index contributed by atoms with van der Waals surface area (Å²) in [6.07, 6.45) is 0. The number of nitrogens with two attached hydrogens (primary N) is 1. The van der Waals surface area contributed by atoms with Crippen LogP contribution < -0.4 is 5.73 Å². The Morgan fingerprint density at radius 1 is 1.58 bits per heavy atom. The van der Waals surface area contributed by atoms with Crippen molar-refractivity contribution in [2.24, 2.45) is 16.8 Å². The van der Waals surface area contributed by atoms with E-state index in [1.54, 1.807) is 4.90 Å². The first kappa shape index (κ1) is 15.4. The van der Waals surface area contributed by atoms with Crippen molar-refractivity contribution in [3.05, 3.63) is 15.6 Å². The first-order chi connectivity index (χ1) is 8.90. The number of amidine groups is 1. The van der Waals surface area contributed by atoms with E-state index in [9.17, 15) is 4.79 Å². The summed E-state index contributed by atoms with van der Waals surface area (Å²) in [4.78, 5) is 19.0. The predicted octanol–water partition coefficient (Wildman–Crippen LogP) is 1.60. The molecule has 1 unspecified atom stereocenters. The third-order valence-electron chi connectivity index (χ3n) is 2.88. The number of carbonyl (C=O) groups is 1. The first-order valence-electron chi connectivity index (χ1n) is 6.11. The van der Waals surface area contributed by atoms with Crippen LogP contribution in [0.25, 0.3) is 0 Å². The number of hydrogen-bond donors (Lipinski definition) is 2. The highest BCUT2D eigenvalue weighted by atomic mass is 32.1. The number of amides is 1. The summed E-state index contributed by atoms with van der Waals surface area (Å²) in [5, 5.41) is 12.5. The molecule has 0 saturated heterocycles. The van der Waals surface area contributed by atoms with E-state index < -0.39 is 0 Å². The monoisotopic (exact) mass is 284 g/mol. The molecule has 106 valence electrons. The van der Waals surface area contributed by atoms with Crippen LogP contribution in [0.3, 0.4) is 0 Å². The maximum absolute atomic E-state index is 12.4. The molecule has 0 bridgehead atoms. The molecule has 0 spiro atoms. The van der Waals surface area contributed by atoms with Crippen molar-refractivity contribution in [2.75, 3.05) is 13.1 Å². The largest absolute Gasteiger partial charge is 0.409 e. The summed E-state index contributed by atoms with van der Waals surface area (Å²) in [5.74, 6) is -0.116. The van der Waals surface area contributed by atoms with Gasteiger partial charge in [-0.05, 0) is 20.8 Å². The summed E-state index contributed by atoms with van der Waals surface area (Å²) < 4.78 is 0. The third kappa shape index (κ3) is 3.66. The van der Waals surface area contributed by atoms with Crippen LogP contribution in [0, 0.1) is 19.8 Å². The summed E-state index contributed by atoms with van der Waals surface area (Å²) in [6, 6.07) is 0. The fourth-order valence-corrected chi connectivity index (χ4v) is 2.64. The number of nitrogens with zero attached hydrogens (tertiary/aromatic N) is 3. The van der Waals surface area contributed by atoms with Crippen molar-refractivity contribution >= 4 is 23.1 Å². The molecule has 1 heterocycles. The van der Waals surface area contributed by atoms with Crippen LogP contribution in [-0.4, -0.2) is 39.9 Å². The highest BCUT2D eigenvalue weighted by molar-refractivity contribution is 7.13. The van der Waals surface area contributed by atoms with Crippen LogP contribution in [-0.2, 0) is 0 Å². The van der Waals surface area contributed by atoms with Gasteiger partial charge in [0, 0.05) is 19.0 Å². The van der Waals surface area contributed by atoms with Crippen molar-refractivity contribution in [2.45, 2.75) is 27.7 Å². The molecule has 6 nitrogen and oxygen atoms in total. The van der Waals surface area contributed by atoms with E-state index in [1.807, 2.05) is 27.7 Å². The van der Waals surface area contributed by atoms with Crippen LogP contribution >= 0.6 is 11.3 Å². The Balaban J connectivity index is 2.86. The van der Waals surface area contributed by atoms with Crippen LogP contribution in [0.2, 0.25) is 0 Å². The topological polar surface area (TPSA) is 91.8 Å². The minimum Gasteiger partial charge on any atom is -0.409 e. The van der Waals surface area contributed by atoms with Crippen LogP contribution in [0.5, 0.6) is 0 Å². The predicted molar refractivity (Wildman–Crippen MR) is 75.7 cm³/mol. The molecule has 0 saturated carbocycles. The van der Waals surface area contributed by atoms with E-state index in [0.29, 0.717) is 18.0 Å². The maximum atomic E-state index is 12.4. The molecule has 1 atom stereocenters. The lowest BCUT2D eigenvalue weighted by atomic mass is 10.1. The molecule has 19 heavy (non-hydrogen) atoms. The smallest absolute Gasteiger partial charge is 0.265 e. The minimum absolute atomic E-state index is 0.0526. The van der Waals surface area contributed by atoms with Crippen LogP contribution in [0.4, 0.5) is 0 Å². The van der Waals surface area contributed by atoms with Gasteiger partial charge in [0.25, 0.3) is 5.91 Å². The Kier molecular flexibility index (Phi) is 5.29. The zero-order chi connectivity index (χ0) is 14.6. The molecule has 3 N–H and O–H groups in total. The van der Waals surface area contributed by atoms with Gasteiger partial charge in [-0.1, -0.05) is 12.1 Å². The lowest BCUT2D eigenvalue weighted by Gasteiger charge is -2.23. The zero-order valence-corrected chi connectivity index (χ0v) is 12.5. The van der Waals surface area contributed by atoms with Gasteiger partial charge >= 0.3 is 0 Å². The number of hydrogen-bond acceptors (Lipinski definition) is 5. The number of rotatable bonds is 5. The van der Waals surface area contributed by atoms with Gasteiger partial charge in [0.2, 0.25) is 0 Å². The molecule has 0 fully saturated rings.